The van der Waals surface area contributed by atoms with Gasteiger partial charge in [0, 0.05) is 27.2 Å². The van der Waals surface area contributed by atoms with Crippen molar-refractivity contribution in [2.45, 2.75) is 90.5 Å². The zero-order chi connectivity index (χ0) is 27.8. The number of ether oxygens (including phenoxy) is 2. The zero-order valence-electron chi connectivity index (χ0n) is 23.5. The first kappa shape index (κ1) is 31.4. The molecule has 208 valence electrons. The lowest BCUT2D eigenvalue weighted by Crippen LogP contribution is -2.47. The van der Waals surface area contributed by atoms with Gasteiger partial charge in [0.2, 0.25) is 0 Å². The molecular formula is C24H44N4O8. The molecular weight excluding hydrogens is 472 g/mol. The second-order valence-corrected chi connectivity index (χ2v) is 10.7. The molecule has 0 N–H and O–H groups in total. The van der Waals surface area contributed by atoms with E-state index in [1.807, 2.05) is 0 Å². The van der Waals surface area contributed by atoms with Crippen molar-refractivity contribution < 1.29 is 38.3 Å². The highest BCUT2D eigenvalue weighted by Gasteiger charge is 2.39. The van der Waals surface area contributed by atoms with E-state index in [0.717, 1.165) is 23.0 Å². The Hall–Kier alpha value is -2.60. The first-order chi connectivity index (χ1) is 16.5. The number of rotatable bonds is 4. The Kier molecular flexibility index (Phi) is 11.4. The molecule has 12 heteroatoms. The van der Waals surface area contributed by atoms with Crippen LogP contribution in [-0.4, -0.2) is 109 Å². The predicted molar refractivity (Wildman–Crippen MR) is 131 cm³/mol. The number of likely N-dealkylation sites (tertiary alicyclic amines) is 2. The van der Waals surface area contributed by atoms with E-state index in [-0.39, 0.29) is 11.8 Å². The first-order valence-corrected chi connectivity index (χ1v) is 12.1. The van der Waals surface area contributed by atoms with Crippen LogP contribution in [0.4, 0.5) is 9.59 Å². The van der Waals surface area contributed by atoms with Crippen molar-refractivity contribution >= 4 is 24.0 Å². The maximum absolute atomic E-state index is 12.0. The third-order valence-electron chi connectivity index (χ3n) is 5.50. The number of hydrogen-bond acceptors (Lipinski definition) is 8. The van der Waals surface area contributed by atoms with Crippen molar-refractivity contribution in [3.8, 4) is 0 Å². The van der Waals surface area contributed by atoms with Crippen LogP contribution >= 0.6 is 0 Å². The van der Waals surface area contributed by atoms with E-state index in [0.29, 0.717) is 25.9 Å². The summed E-state index contributed by atoms with van der Waals surface area (Å²) in [6.07, 6.45) is 2.00. The van der Waals surface area contributed by atoms with E-state index in [4.69, 9.17) is 19.1 Å². The number of amides is 4. The topological polar surface area (TPSA) is 118 Å². The molecule has 2 aliphatic heterocycles. The summed E-state index contributed by atoms with van der Waals surface area (Å²) in [4.78, 5) is 60.6. The normalized spacial score (nSPS) is 19.8. The molecule has 2 saturated heterocycles. The minimum atomic E-state index is -0.555. The molecule has 0 aliphatic carbocycles. The average Bonchev–Trinajstić information content (AvgIpc) is 3.45. The van der Waals surface area contributed by atoms with Crippen molar-refractivity contribution in [3.05, 3.63) is 0 Å². The van der Waals surface area contributed by atoms with Gasteiger partial charge in [-0.15, -0.1) is 0 Å². The first-order valence-electron chi connectivity index (χ1n) is 12.1. The van der Waals surface area contributed by atoms with Crippen molar-refractivity contribution in [1.82, 2.24) is 19.9 Å². The number of hydrogen-bond donors (Lipinski definition) is 0. The summed E-state index contributed by atoms with van der Waals surface area (Å²) in [5, 5.41) is 2.29. The smallest absolute Gasteiger partial charge is 0.410 e. The summed E-state index contributed by atoms with van der Waals surface area (Å²) in [6.45, 7) is 11.9. The van der Waals surface area contributed by atoms with Gasteiger partial charge in [-0.2, -0.15) is 0 Å². The summed E-state index contributed by atoms with van der Waals surface area (Å²) in [5.74, 6) is -0.443. The minimum Gasteiger partial charge on any atom is -0.444 e. The highest BCUT2D eigenvalue weighted by Crippen LogP contribution is 2.23. The average molecular weight is 517 g/mol. The third kappa shape index (κ3) is 9.45. The minimum absolute atomic E-state index is 0.221. The van der Waals surface area contributed by atoms with Gasteiger partial charge >= 0.3 is 12.2 Å². The zero-order valence-corrected chi connectivity index (χ0v) is 23.5. The van der Waals surface area contributed by atoms with Crippen LogP contribution in [0.3, 0.4) is 0 Å². The Bertz CT molecular complexity index is 713. The van der Waals surface area contributed by atoms with Gasteiger partial charge in [-0.1, -0.05) is 0 Å². The molecule has 2 atom stereocenters. The standard InChI is InChI=1S/2C12H22N2O4/c2*1-12(2,3)18-11(16)14-8-6-7-9(14)10(15)13(4)17-5/h2*9H,6-8H2,1-5H3. The molecule has 0 bridgehead atoms. The van der Waals surface area contributed by atoms with Gasteiger partial charge in [0.1, 0.15) is 23.3 Å². The molecule has 2 aliphatic rings. The second-order valence-electron chi connectivity index (χ2n) is 10.7. The van der Waals surface area contributed by atoms with E-state index in [1.54, 1.807) is 41.5 Å². The molecule has 0 aromatic rings. The highest BCUT2D eigenvalue weighted by molar-refractivity contribution is 5.86. The molecule has 0 radical (unpaired) electrons. The molecule has 2 fully saturated rings. The Morgan fingerprint density at radius 3 is 1.22 bits per heavy atom. The van der Waals surface area contributed by atoms with Gasteiger partial charge in [0.25, 0.3) is 11.8 Å². The van der Waals surface area contributed by atoms with Crippen LogP contribution in [0.2, 0.25) is 0 Å². The summed E-state index contributed by atoms with van der Waals surface area (Å²) >= 11 is 0. The quantitative estimate of drug-likeness (QED) is 0.524. The maximum atomic E-state index is 12.0. The monoisotopic (exact) mass is 516 g/mol. The largest absolute Gasteiger partial charge is 0.444 e. The molecule has 12 nitrogen and oxygen atoms in total. The van der Waals surface area contributed by atoms with Crippen LogP contribution in [0.15, 0.2) is 0 Å². The lowest BCUT2D eigenvalue weighted by molar-refractivity contribution is -0.173. The van der Waals surface area contributed by atoms with Crippen molar-refractivity contribution in [3.63, 3.8) is 0 Å². The van der Waals surface area contributed by atoms with Crippen LogP contribution in [0.25, 0.3) is 0 Å². The molecule has 2 rings (SSSR count). The Morgan fingerprint density at radius 2 is 0.972 bits per heavy atom. The van der Waals surface area contributed by atoms with Gasteiger partial charge in [-0.05, 0) is 67.2 Å². The lowest BCUT2D eigenvalue weighted by atomic mass is 10.2. The molecule has 4 amide bonds. The number of carbonyl (C=O) groups is 4. The Labute approximate surface area is 214 Å². The van der Waals surface area contributed by atoms with E-state index in [9.17, 15) is 19.2 Å². The molecule has 0 spiro atoms. The number of likely N-dealkylation sites (N-methyl/N-ethyl adjacent to an activating group) is 2. The lowest BCUT2D eigenvalue weighted by Gasteiger charge is -2.29. The van der Waals surface area contributed by atoms with Crippen molar-refractivity contribution in [2.24, 2.45) is 0 Å². The summed E-state index contributed by atoms with van der Waals surface area (Å²) in [6, 6.07) is -0.963. The summed E-state index contributed by atoms with van der Waals surface area (Å²) < 4.78 is 10.6. The van der Waals surface area contributed by atoms with Crippen molar-refractivity contribution in [2.75, 3.05) is 41.4 Å². The molecule has 36 heavy (non-hydrogen) atoms. The van der Waals surface area contributed by atoms with Gasteiger partial charge in [0.15, 0.2) is 0 Å². The predicted octanol–water partition coefficient (Wildman–Crippen LogP) is 2.81. The van der Waals surface area contributed by atoms with Crippen LogP contribution in [-0.2, 0) is 28.7 Å². The maximum Gasteiger partial charge on any atom is 0.410 e. The number of nitrogens with zero attached hydrogens (tertiary/aromatic N) is 4. The fourth-order valence-electron chi connectivity index (χ4n) is 3.72. The van der Waals surface area contributed by atoms with Gasteiger partial charge in [-0.25, -0.2) is 19.7 Å². The Morgan fingerprint density at radius 1 is 0.667 bits per heavy atom. The fraction of sp³-hybridized carbons (Fsp3) is 0.833. The second kappa shape index (κ2) is 13.1. The molecule has 0 saturated carbocycles. The molecule has 2 unspecified atom stereocenters. The van der Waals surface area contributed by atoms with Gasteiger partial charge < -0.3 is 9.47 Å². The fourth-order valence-corrected chi connectivity index (χ4v) is 3.72. The highest BCUT2D eigenvalue weighted by atomic mass is 16.7. The van der Waals surface area contributed by atoms with Crippen LogP contribution < -0.4 is 0 Å². The van der Waals surface area contributed by atoms with E-state index < -0.39 is 35.5 Å². The SMILES string of the molecule is CON(C)C(=O)C1CCCN1C(=O)OC(C)(C)C.CON(C)C(=O)C1CCCN1C(=O)OC(C)(C)C. The third-order valence-corrected chi connectivity index (χ3v) is 5.50. The molecule has 0 aromatic carbocycles. The van der Waals surface area contributed by atoms with Crippen LogP contribution in [0.1, 0.15) is 67.2 Å². The van der Waals surface area contributed by atoms with Gasteiger partial charge in [0.05, 0.1) is 14.2 Å². The molecule has 0 aromatic heterocycles. The number of hydroxylamine groups is 4. The Balaban J connectivity index is 0.000000360. The van der Waals surface area contributed by atoms with Crippen LogP contribution in [0, 0.1) is 0 Å². The van der Waals surface area contributed by atoms with Gasteiger partial charge in [-0.3, -0.25) is 29.1 Å². The number of carbonyl (C=O) groups excluding carboxylic acids is 4. The van der Waals surface area contributed by atoms with Crippen molar-refractivity contribution in [1.29, 1.82) is 0 Å². The van der Waals surface area contributed by atoms with E-state index in [1.165, 1.54) is 38.1 Å². The summed E-state index contributed by atoms with van der Waals surface area (Å²) in [7, 11) is 5.91. The van der Waals surface area contributed by atoms with Crippen LogP contribution in [0.5, 0.6) is 0 Å². The summed E-state index contributed by atoms with van der Waals surface area (Å²) in [5.41, 5.74) is -1.11. The van der Waals surface area contributed by atoms with E-state index in [2.05, 4.69) is 0 Å². The van der Waals surface area contributed by atoms with E-state index >= 15 is 0 Å². The molecule has 2 heterocycles.